The van der Waals surface area contributed by atoms with Crippen LogP contribution in [0.15, 0.2) is 77.5 Å². The molecule has 6 heteroatoms. The van der Waals surface area contributed by atoms with Gasteiger partial charge < -0.3 is 9.73 Å². The second kappa shape index (κ2) is 7.23. The van der Waals surface area contributed by atoms with E-state index in [0.717, 1.165) is 17.8 Å². The smallest absolute Gasteiger partial charge is 0.247 e. The van der Waals surface area contributed by atoms with Gasteiger partial charge in [0, 0.05) is 11.8 Å². The van der Waals surface area contributed by atoms with Crippen LogP contribution in [0.3, 0.4) is 0 Å². The Balaban J connectivity index is 1.42. The van der Waals surface area contributed by atoms with Crippen LogP contribution in [0.2, 0.25) is 0 Å². The van der Waals surface area contributed by atoms with Crippen LogP contribution in [-0.4, -0.2) is 20.0 Å². The predicted molar refractivity (Wildman–Crippen MR) is 99.5 cm³/mol. The van der Waals surface area contributed by atoms with E-state index in [1.807, 2.05) is 66.3 Å². The first kappa shape index (κ1) is 16.1. The van der Waals surface area contributed by atoms with Crippen molar-refractivity contribution in [1.82, 2.24) is 20.0 Å². The van der Waals surface area contributed by atoms with Crippen molar-refractivity contribution in [2.24, 2.45) is 0 Å². The third-order valence-electron chi connectivity index (χ3n) is 4.04. The van der Waals surface area contributed by atoms with Gasteiger partial charge in [0.05, 0.1) is 18.4 Å². The van der Waals surface area contributed by atoms with Crippen molar-refractivity contribution < 1.29 is 4.42 Å². The summed E-state index contributed by atoms with van der Waals surface area (Å²) < 4.78 is 7.69. The van der Waals surface area contributed by atoms with Crippen LogP contribution in [0.1, 0.15) is 24.4 Å². The number of anilines is 1. The minimum Gasteiger partial charge on any atom is -0.418 e. The Labute approximate surface area is 151 Å². The summed E-state index contributed by atoms with van der Waals surface area (Å²) in [6.07, 6.45) is 3.77. The number of hydrogen-bond acceptors (Lipinski definition) is 5. The van der Waals surface area contributed by atoms with Gasteiger partial charge in [-0.3, -0.25) is 4.68 Å². The van der Waals surface area contributed by atoms with E-state index >= 15 is 0 Å². The van der Waals surface area contributed by atoms with Crippen molar-refractivity contribution in [3.05, 3.63) is 84.5 Å². The molecule has 0 aliphatic rings. The zero-order chi connectivity index (χ0) is 17.8. The first-order valence-corrected chi connectivity index (χ1v) is 8.50. The maximum Gasteiger partial charge on any atom is 0.247 e. The summed E-state index contributed by atoms with van der Waals surface area (Å²) in [5, 5.41) is 16.0. The second-order valence-electron chi connectivity index (χ2n) is 6.09. The zero-order valence-corrected chi connectivity index (χ0v) is 14.4. The molecule has 0 radical (unpaired) electrons. The van der Waals surface area contributed by atoms with Crippen LogP contribution in [0.25, 0.3) is 11.5 Å². The van der Waals surface area contributed by atoms with Gasteiger partial charge >= 0.3 is 0 Å². The molecular formula is C20H19N5O. The molecule has 130 valence electrons. The number of hydrogen-bond donors (Lipinski definition) is 1. The molecule has 0 aliphatic carbocycles. The van der Waals surface area contributed by atoms with Gasteiger partial charge in [-0.2, -0.15) is 5.10 Å². The predicted octanol–water partition coefficient (Wildman–Crippen LogP) is 4.15. The Morgan fingerprint density at radius 2 is 1.73 bits per heavy atom. The molecule has 2 aromatic heterocycles. The van der Waals surface area contributed by atoms with Crippen LogP contribution in [0.5, 0.6) is 0 Å². The monoisotopic (exact) mass is 345 g/mol. The van der Waals surface area contributed by atoms with Gasteiger partial charge in [0.1, 0.15) is 6.04 Å². The first-order chi connectivity index (χ1) is 12.8. The molecule has 0 unspecified atom stereocenters. The normalized spacial score (nSPS) is 12.0. The third-order valence-corrected chi connectivity index (χ3v) is 4.04. The van der Waals surface area contributed by atoms with Crippen molar-refractivity contribution in [1.29, 1.82) is 0 Å². The van der Waals surface area contributed by atoms with Gasteiger partial charge in [-0.05, 0) is 24.6 Å². The Morgan fingerprint density at radius 1 is 1.00 bits per heavy atom. The molecule has 2 heterocycles. The summed E-state index contributed by atoms with van der Waals surface area (Å²) in [5.41, 5.74) is 3.03. The first-order valence-electron chi connectivity index (χ1n) is 8.50. The van der Waals surface area contributed by atoms with Crippen LogP contribution >= 0.6 is 0 Å². The van der Waals surface area contributed by atoms with E-state index in [0.29, 0.717) is 11.8 Å². The van der Waals surface area contributed by atoms with E-state index in [-0.39, 0.29) is 6.04 Å². The van der Waals surface area contributed by atoms with E-state index < -0.39 is 0 Å². The van der Waals surface area contributed by atoms with E-state index in [2.05, 4.69) is 32.7 Å². The third kappa shape index (κ3) is 3.64. The van der Waals surface area contributed by atoms with E-state index in [1.54, 1.807) is 6.20 Å². The van der Waals surface area contributed by atoms with Crippen molar-refractivity contribution in [2.45, 2.75) is 19.5 Å². The number of benzene rings is 2. The lowest BCUT2D eigenvalue weighted by Crippen LogP contribution is -2.06. The van der Waals surface area contributed by atoms with Crippen LogP contribution in [-0.2, 0) is 6.54 Å². The molecule has 0 saturated carbocycles. The minimum absolute atomic E-state index is 0.116. The van der Waals surface area contributed by atoms with Crippen LogP contribution in [0.4, 0.5) is 5.69 Å². The molecule has 0 aliphatic heterocycles. The summed E-state index contributed by atoms with van der Waals surface area (Å²) in [5.74, 6) is 1.06. The molecule has 1 N–H and O–H groups in total. The molecule has 0 spiro atoms. The van der Waals surface area contributed by atoms with Crippen LogP contribution < -0.4 is 5.32 Å². The number of rotatable bonds is 6. The molecule has 0 amide bonds. The highest BCUT2D eigenvalue weighted by Gasteiger charge is 2.15. The molecule has 26 heavy (non-hydrogen) atoms. The van der Waals surface area contributed by atoms with Crippen LogP contribution in [0, 0.1) is 0 Å². The van der Waals surface area contributed by atoms with Crippen molar-refractivity contribution in [3.8, 4) is 11.5 Å². The Kier molecular flexibility index (Phi) is 4.47. The fraction of sp³-hybridized carbons (Fsp3) is 0.150. The van der Waals surface area contributed by atoms with Gasteiger partial charge in [-0.15, -0.1) is 10.2 Å². The summed E-state index contributed by atoms with van der Waals surface area (Å²) in [6, 6.07) is 19.9. The average molecular weight is 345 g/mol. The quantitative estimate of drug-likeness (QED) is 0.568. The number of nitrogens with zero attached hydrogens (tertiary/aromatic N) is 4. The zero-order valence-electron chi connectivity index (χ0n) is 14.4. The molecule has 1 atom stereocenters. The molecule has 4 aromatic rings. The average Bonchev–Trinajstić information content (AvgIpc) is 3.33. The summed E-state index contributed by atoms with van der Waals surface area (Å²) in [4.78, 5) is 0. The Bertz CT molecular complexity index is 962. The fourth-order valence-electron chi connectivity index (χ4n) is 2.71. The van der Waals surface area contributed by atoms with Crippen molar-refractivity contribution >= 4 is 5.69 Å². The van der Waals surface area contributed by atoms with Gasteiger partial charge in [0.25, 0.3) is 0 Å². The highest BCUT2D eigenvalue weighted by atomic mass is 16.4. The Hall–Kier alpha value is -3.41. The maximum atomic E-state index is 5.79. The topological polar surface area (TPSA) is 68.8 Å². The summed E-state index contributed by atoms with van der Waals surface area (Å²) >= 11 is 0. The van der Waals surface area contributed by atoms with Crippen molar-refractivity contribution in [2.75, 3.05) is 5.32 Å². The molecule has 2 aromatic carbocycles. The lowest BCUT2D eigenvalue weighted by atomic mass is 10.2. The Morgan fingerprint density at radius 3 is 2.50 bits per heavy atom. The maximum absolute atomic E-state index is 5.79. The SMILES string of the molecule is C[C@H](Nc1cnn(Cc2ccccc2)c1)c1nnc(-c2ccccc2)o1. The molecule has 0 fully saturated rings. The van der Waals surface area contributed by atoms with Gasteiger partial charge in [-0.1, -0.05) is 48.5 Å². The van der Waals surface area contributed by atoms with Gasteiger partial charge in [0.15, 0.2) is 0 Å². The number of aromatic nitrogens is 4. The standard InChI is InChI=1S/C20H19N5O/c1-15(19-23-24-20(26-19)17-10-6-3-7-11-17)22-18-12-21-25(14-18)13-16-8-4-2-5-9-16/h2-12,14-15,22H,13H2,1H3/t15-/m0/s1. The molecule has 6 nitrogen and oxygen atoms in total. The summed E-state index contributed by atoms with van der Waals surface area (Å²) in [7, 11) is 0. The number of nitrogens with one attached hydrogen (secondary N) is 1. The summed E-state index contributed by atoms with van der Waals surface area (Å²) in [6.45, 7) is 2.71. The van der Waals surface area contributed by atoms with Gasteiger partial charge in [-0.25, -0.2) is 0 Å². The minimum atomic E-state index is -0.116. The van der Waals surface area contributed by atoms with E-state index in [9.17, 15) is 0 Å². The highest BCUT2D eigenvalue weighted by Crippen LogP contribution is 2.22. The largest absolute Gasteiger partial charge is 0.418 e. The molecule has 0 bridgehead atoms. The van der Waals surface area contributed by atoms with Gasteiger partial charge in [0.2, 0.25) is 11.8 Å². The van der Waals surface area contributed by atoms with E-state index in [1.165, 1.54) is 5.56 Å². The molecule has 0 saturated heterocycles. The second-order valence-corrected chi connectivity index (χ2v) is 6.09. The highest BCUT2D eigenvalue weighted by molar-refractivity contribution is 5.52. The lowest BCUT2D eigenvalue weighted by molar-refractivity contribution is 0.485. The fourth-order valence-corrected chi connectivity index (χ4v) is 2.71. The molecular weight excluding hydrogens is 326 g/mol. The van der Waals surface area contributed by atoms with E-state index in [4.69, 9.17) is 4.42 Å². The molecule has 4 rings (SSSR count). The van der Waals surface area contributed by atoms with Crippen molar-refractivity contribution in [3.63, 3.8) is 0 Å². The lowest BCUT2D eigenvalue weighted by Gasteiger charge is -2.08.